The topological polar surface area (TPSA) is 185 Å². The molecular formula is C32H22N4O8S2. The van der Waals surface area contributed by atoms with Crippen LogP contribution in [-0.4, -0.2) is 55.4 Å². The van der Waals surface area contributed by atoms with Gasteiger partial charge in [-0.2, -0.15) is 0 Å². The van der Waals surface area contributed by atoms with E-state index in [0.29, 0.717) is 43.8 Å². The number of fused-ring (bicyclic) bond motifs is 2. The van der Waals surface area contributed by atoms with Crippen molar-refractivity contribution in [1.29, 1.82) is 0 Å². The van der Waals surface area contributed by atoms with Crippen molar-refractivity contribution in [3.8, 4) is 11.1 Å². The molecule has 6 aromatic rings. The van der Waals surface area contributed by atoms with Gasteiger partial charge < -0.3 is 29.7 Å². The van der Waals surface area contributed by atoms with Crippen molar-refractivity contribution >= 4 is 80.9 Å². The number of nitrogens with one attached hydrogen (secondary N) is 2. The van der Waals surface area contributed by atoms with Crippen molar-refractivity contribution in [3.05, 3.63) is 96.1 Å². The molecule has 0 saturated heterocycles. The van der Waals surface area contributed by atoms with Crippen LogP contribution in [0, 0.1) is 0 Å². The number of oxazole rings is 2. The molecule has 14 heteroatoms. The number of carbonyl (C=O) groups excluding carboxylic acids is 2. The van der Waals surface area contributed by atoms with E-state index >= 15 is 0 Å². The average molecular weight is 655 g/mol. The van der Waals surface area contributed by atoms with Gasteiger partial charge in [0, 0.05) is 0 Å². The zero-order chi connectivity index (χ0) is 32.2. The Kier molecular flexibility index (Phi) is 8.72. The Labute approximate surface area is 268 Å². The van der Waals surface area contributed by atoms with Gasteiger partial charge in [-0.1, -0.05) is 59.9 Å². The van der Waals surface area contributed by atoms with E-state index in [4.69, 9.17) is 8.83 Å². The van der Waals surface area contributed by atoms with Crippen LogP contribution in [0.2, 0.25) is 0 Å². The lowest BCUT2D eigenvalue weighted by atomic mass is 9.99. The molecular weight excluding hydrogens is 633 g/mol. The smallest absolute Gasteiger partial charge is 0.337 e. The molecule has 0 fully saturated rings. The van der Waals surface area contributed by atoms with Crippen LogP contribution in [0.1, 0.15) is 20.7 Å². The van der Waals surface area contributed by atoms with E-state index in [-0.39, 0.29) is 34.0 Å². The standard InChI is InChI=1S/C32H22N4O8S2/c37-27(15-45-31-35-23-5-1-3-7-25(23)43-31)33-21-11-9-17(13-19(21)29(39)40)18-10-12-22(20(14-18)30(41)42)34-28(38)16-46-32-36-24-6-2-4-8-26(24)44-32/h1-14H,15-16H2,(H,33,37)(H,34,38)(H,39,40)(H,41,42). The van der Waals surface area contributed by atoms with Crippen molar-refractivity contribution in [3.63, 3.8) is 0 Å². The highest BCUT2D eigenvalue weighted by Gasteiger charge is 2.19. The summed E-state index contributed by atoms with van der Waals surface area (Å²) in [4.78, 5) is 58.1. The van der Waals surface area contributed by atoms with Gasteiger partial charge in [0.15, 0.2) is 11.2 Å². The monoisotopic (exact) mass is 654 g/mol. The molecule has 2 aromatic heterocycles. The van der Waals surface area contributed by atoms with Crippen LogP contribution in [0.3, 0.4) is 0 Å². The fourth-order valence-electron chi connectivity index (χ4n) is 4.47. The summed E-state index contributed by atoms with van der Waals surface area (Å²) in [5.74, 6) is -3.66. The number of aromatic carboxylic acids is 2. The molecule has 0 radical (unpaired) electrons. The summed E-state index contributed by atoms with van der Waals surface area (Å²) < 4.78 is 11.2. The molecule has 0 saturated carbocycles. The molecule has 0 aliphatic carbocycles. The van der Waals surface area contributed by atoms with Crippen LogP contribution < -0.4 is 10.6 Å². The largest absolute Gasteiger partial charge is 0.478 e. The van der Waals surface area contributed by atoms with Crippen molar-refractivity contribution < 1.29 is 38.2 Å². The lowest BCUT2D eigenvalue weighted by Crippen LogP contribution is -2.17. The van der Waals surface area contributed by atoms with Gasteiger partial charge in [-0.05, 0) is 59.7 Å². The number of hydrogen-bond donors (Lipinski definition) is 4. The molecule has 0 aliphatic rings. The fourth-order valence-corrected chi connectivity index (χ4v) is 5.75. The van der Waals surface area contributed by atoms with Crippen molar-refractivity contribution in [2.24, 2.45) is 0 Å². The number of carboxylic acid groups (broad SMARTS) is 2. The Balaban J connectivity index is 1.13. The van der Waals surface area contributed by atoms with Crippen molar-refractivity contribution in [2.75, 3.05) is 22.1 Å². The third-order valence-corrected chi connectivity index (χ3v) is 8.24. The van der Waals surface area contributed by atoms with E-state index in [1.807, 2.05) is 24.3 Å². The van der Waals surface area contributed by atoms with Crippen LogP contribution in [0.15, 0.2) is 104 Å². The molecule has 0 unspecified atom stereocenters. The minimum Gasteiger partial charge on any atom is -0.478 e. The highest BCUT2D eigenvalue weighted by molar-refractivity contribution is 8.00. The zero-order valence-electron chi connectivity index (χ0n) is 23.6. The van der Waals surface area contributed by atoms with Gasteiger partial charge in [0.1, 0.15) is 11.0 Å². The summed E-state index contributed by atoms with van der Waals surface area (Å²) >= 11 is 2.14. The van der Waals surface area contributed by atoms with Gasteiger partial charge in [-0.15, -0.1) is 0 Å². The molecule has 2 amide bonds. The van der Waals surface area contributed by atoms with Gasteiger partial charge in [0.25, 0.3) is 10.4 Å². The Morgan fingerprint density at radius 2 is 1.02 bits per heavy atom. The summed E-state index contributed by atoms with van der Waals surface area (Å²) in [6.45, 7) is 0. The molecule has 6 rings (SSSR count). The van der Waals surface area contributed by atoms with Crippen LogP contribution in [0.25, 0.3) is 33.3 Å². The fraction of sp³-hybridized carbons (Fsp3) is 0.0625. The molecule has 4 aromatic carbocycles. The highest BCUT2D eigenvalue weighted by atomic mass is 32.2. The first-order chi connectivity index (χ1) is 22.2. The second-order valence-corrected chi connectivity index (χ2v) is 11.6. The van der Waals surface area contributed by atoms with Gasteiger partial charge in [-0.3, -0.25) is 9.59 Å². The maximum Gasteiger partial charge on any atom is 0.337 e. The third-order valence-electron chi connectivity index (χ3n) is 6.58. The lowest BCUT2D eigenvalue weighted by molar-refractivity contribution is -0.114. The summed E-state index contributed by atoms with van der Waals surface area (Å²) in [5, 5.41) is 25.5. The number of carbonyl (C=O) groups is 4. The highest BCUT2D eigenvalue weighted by Crippen LogP contribution is 2.30. The van der Waals surface area contributed by atoms with E-state index < -0.39 is 23.8 Å². The zero-order valence-corrected chi connectivity index (χ0v) is 25.2. The third kappa shape index (κ3) is 6.87. The van der Waals surface area contributed by atoms with E-state index in [1.54, 1.807) is 36.4 Å². The molecule has 0 bridgehead atoms. The summed E-state index contributed by atoms with van der Waals surface area (Å²) in [6.07, 6.45) is 0. The number of anilines is 2. The van der Waals surface area contributed by atoms with E-state index in [0.717, 1.165) is 23.5 Å². The first-order valence-electron chi connectivity index (χ1n) is 13.5. The molecule has 0 spiro atoms. The summed E-state index contributed by atoms with van der Waals surface area (Å²) in [5.41, 5.74) is 3.03. The van der Waals surface area contributed by atoms with E-state index in [1.165, 1.54) is 24.3 Å². The maximum absolute atomic E-state index is 12.6. The number of nitrogens with zero attached hydrogens (tertiary/aromatic N) is 2. The van der Waals surface area contributed by atoms with E-state index in [2.05, 4.69) is 20.6 Å². The molecule has 230 valence electrons. The Bertz CT molecular complexity index is 1920. The summed E-state index contributed by atoms with van der Waals surface area (Å²) in [6, 6.07) is 23.0. The lowest BCUT2D eigenvalue weighted by Gasteiger charge is -2.13. The molecule has 4 N–H and O–H groups in total. The van der Waals surface area contributed by atoms with Crippen LogP contribution >= 0.6 is 23.5 Å². The van der Waals surface area contributed by atoms with Crippen molar-refractivity contribution in [1.82, 2.24) is 9.97 Å². The molecule has 0 aliphatic heterocycles. The SMILES string of the molecule is O=C(CSc1nc2ccccc2o1)Nc1ccc(-c2ccc(NC(=O)CSc3nc4ccccc4o3)c(C(=O)O)c2)cc1C(=O)O. The number of thioether (sulfide) groups is 2. The van der Waals surface area contributed by atoms with Gasteiger partial charge >= 0.3 is 11.9 Å². The first-order valence-corrected chi connectivity index (χ1v) is 15.5. The van der Waals surface area contributed by atoms with Crippen LogP contribution in [0.4, 0.5) is 11.4 Å². The molecule has 12 nitrogen and oxygen atoms in total. The predicted octanol–water partition coefficient (Wildman–Crippen LogP) is 6.49. The van der Waals surface area contributed by atoms with Gasteiger partial charge in [0.05, 0.1) is 34.0 Å². The van der Waals surface area contributed by atoms with Crippen molar-refractivity contribution in [2.45, 2.75) is 10.4 Å². The Hall–Kier alpha value is -5.60. The Morgan fingerprint density at radius 3 is 1.41 bits per heavy atom. The Morgan fingerprint density at radius 1 is 0.609 bits per heavy atom. The maximum atomic E-state index is 12.6. The second-order valence-electron chi connectivity index (χ2n) is 9.70. The minimum atomic E-state index is -1.29. The predicted molar refractivity (Wildman–Crippen MR) is 173 cm³/mol. The number of para-hydroxylation sites is 4. The first kappa shape index (κ1) is 30.4. The number of rotatable bonds is 11. The average Bonchev–Trinajstić information content (AvgIpc) is 3.67. The molecule has 2 heterocycles. The second kappa shape index (κ2) is 13.2. The van der Waals surface area contributed by atoms with Crippen LogP contribution in [-0.2, 0) is 9.59 Å². The normalized spacial score (nSPS) is 11.0. The number of hydrogen-bond acceptors (Lipinski definition) is 10. The number of aromatic nitrogens is 2. The van der Waals surface area contributed by atoms with Crippen LogP contribution in [0.5, 0.6) is 0 Å². The van der Waals surface area contributed by atoms with Gasteiger partial charge in [0.2, 0.25) is 11.8 Å². The number of benzene rings is 4. The minimum absolute atomic E-state index is 0.0678. The summed E-state index contributed by atoms with van der Waals surface area (Å²) in [7, 11) is 0. The van der Waals surface area contributed by atoms with Gasteiger partial charge in [-0.25, -0.2) is 19.6 Å². The number of amides is 2. The molecule has 46 heavy (non-hydrogen) atoms. The quantitative estimate of drug-likeness (QED) is 0.111. The number of carboxylic acids is 2. The van der Waals surface area contributed by atoms with E-state index in [9.17, 15) is 29.4 Å². The molecule has 0 atom stereocenters.